The maximum atomic E-state index is 11.9. The van der Waals surface area contributed by atoms with E-state index in [0.717, 1.165) is 5.75 Å². The van der Waals surface area contributed by atoms with Crippen LogP contribution in [0.15, 0.2) is 29.2 Å². The van der Waals surface area contributed by atoms with Crippen LogP contribution in [0, 0.1) is 0 Å². The molecule has 0 unspecified atom stereocenters. The second kappa shape index (κ2) is 7.63. The summed E-state index contributed by atoms with van der Waals surface area (Å²) < 4.78 is 25.9. The van der Waals surface area contributed by atoms with Gasteiger partial charge < -0.3 is 11.1 Å². The van der Waals surface area contributed by atoms with Crippen LogP contribution in [0.2, 0.25) is 0 Å². The first-order chi connectivity index (χ1) is 9.42. The van der Waals surface area contributed by atoms with Gasteiger partial charge in [-0.2, -0.15) is 11.8 Å². The summed E-state index contributed by atoms with van der Waals surface area (Å²) in [6, 6.07) is 5.54. The fourth-order valence-electron chi connectivity index (χ4n) is 1.52. The Bertz CT molecular complexity index is 561. The van der Waals surface area contributed by atoms with Crippen molar-refractivity contribution in [2.75, 3.05) is 24.4 Å². The van der Waals surface area contributed by atoms with E-state index in [2.05, 4.69) is 10.0 Å². The third-order valence-electron chi connectivity index (χ3n) is 2.67. The van der Waals surface area contributed by atoms with E-state index >= 15 is 0 Å². The molecule has 0 aliphatic rings. The lowest BCUT2D eigenvalue weighted by Crippen LogP contribution is -2.36. The molecular formula is C12H19N3O3S2. The molecule has 0 radical (unpaired) electrons. The number of hydrogen-bond acceptors (Lipinski definition) is 5. The number of benzene rings is 1. The number of rotatable bonds is 7. The van der Waals surface area contributed by atoms with Crippen LogP contribution in [0.25, 0.3) is 0 Å². The molecule has 1 aromatic rings. The van der Waals surface area contributed by atoms with Gasteiger partial charge in [0.2, 0.25) is 15.9 Å². The van der Waals surface area contributed by atoms with Gasteiger partial charge >= 0.3 is 0 Å². The van der Waals surface area contributed by atoms with E-state index in [4.69, 9.17) is 5.73 Å². The zero-order valence-corrected chi connectivity index (χ0v) is 13.1. The zero-order chi connectivity index (χ0) is 15.2. The van der Waals surface area contributed by atoms with Crippen molar-refractivity contribution in [3.05, 3.63) is 24.3 Å². The summed E-state index contributed by atoms with van der Waals surface area (Å²) in [5, 5.41) is 2.57. The Morgan fingerprint density at radius 2 is 2.05 bits per heavy atom. The highest BCUT2D eigenvalue weighted by Crippen LogP contribution is 2.20. The molecule has 8 heteroatoms. The van der Waals surface area contributed by atoms with E-state index in [1.165, 1.54) is 19.2 Å². The minimum Gasteiger partial charge on any atom is -0.324 e. The third kappa shape index (κ3) is 4.48. The van der Waals surface area contributed by atoms with Crippen molar-refractivity contribution >= 4 is 33.4 Å². The molecular weight excluding hydrogens is 298 g/mol. The Labute approximate surface area is 123 Å². The minimum absolute atomic E-state index is 0.0212. The van der Waals surface area contributed by atoms with Crippen molar-refractivity contribution in [3.8, 4) is 0 Å². The van der Waals surface area contributed by atoms with Crippen molar-refractivity contribution in [3.63, 3.8) is 0 Å². The molecule has 20 heavy (non-hydrogen) atoms. The zero-order valence-electron chi connectivity index (χ0n) is 11.4. The summed E-state index contributed by atoms with van der Waals surface area (Å²) in [7, 11) is -2.31. The van der Waals surface area contributed by atoms with Gasteiger partial charge in [0, 0.05) is 0 Å². The van der Waals surface area contributed by atoms with Crippen LogP contribution in [-0.2, 0) is 14.8 Å². The molecule has 1 atom stereocenters. The lowest BCUT2D eigenvalue weighted by molar-refractivity contribution is -0.117. The molecule has 4 N–H and O–H groups in total. The summed E-state index contributed by atoms with van der Waals surface area (Å²) in [6.45, 7) is 0. The number of sulfonamides is 1. The van der Waals surface area contributed by atoms with Crippen LogP contribution in [0.5, 0.6) is 0 Å². The number of amides is 1. The predicted octanol–water partition coefficient (Wildman–Crippen LogP) is 0.614. The SMILES string of the molecule is CNS(=O)(=O)c1ccccc1NC(=O)[C@H](N)CCSC. The molecule has 0 heterocycles. The van der Waals surface area contributed by atoms with E-state index in [1.807, 2.05) is 6.26 Å². The van der Waals surface area contributed by atoms with Gasteiger partial charge in [0.25, 0.3) is 0 Å². The predicted molar refractivity (Wildman–Crippen MR) is 82.3 cm³/mol. The van der Waals surface area contributed by atoms with Crippen molar-refractivity contribution in [2.45, 2.75) is 17.4 Å². The number of carbonyl (C=O) groups excluding carboxylic acids is 1. The third-order valence-corrected chi connectivity index (χ3v) is 4.79. The van der Waals surface area contributed by atoms with Gasteiger partial charge in [-0.15, -0.1) is 0 Å². The van der Waals surface area contributed by atoms with Crippen LogP contribution < -0.4 is 15.8 Å². The first-order valence-corrected chi connectivity index (χ1v) is 8.88. The van der Waals surface area contributed by atoms with Crippen molar-refractivity contribution in [1.82, 2.24) is 4.72 Å². The molecule has 112 valence electrons. The van der Waals surface area contributed by atoms with Crippen LogP contribution >= 0.6 is 11.8 Å². The van der Waals surface area contributed by atoms with E-state index < -0.39 is 22.0 Å². The standard InChI is InChI=1S/C12H19N3O3S2/c1-14-20(17,18)11-6-4-3-5-10(11)15-12(16)9(13)7-8-19-2/h3-6,9,14H,7-8,13H2,1-2H3,(H,15,16)/t9-/m1/s1. The lowest BCUT2D eigenvalue weighted by Gasteiger charge is -2.14. The summed E-state index contributed by atoms with van der Waals surface area (Å²) in [4.78, 5) is 11.9. The molecule has 0 spiro atoms. The lowest BCUT2D eigenvalue weighted by atomic mass is 10.2. The average molecular weight is 317 g/mol. The second-order valence-electron chi connectivity index (χ2n) is 4.08. The first-order valence-electron chi connectivity index (χ1n) is 6.00. The molecule has 0 aliphatic heterocycles. The Morgan fingerprint density at radius 1 is 1.40 bits per heavy atom. The summed E-state index contributed by atoms with van der Waals surface area (Å²) in [5.74, 6) is 0.378. The van der Waals surface area contributed by atoms with Crippen molar-refractivity contribution in [1.29, 1.82) is 0 Å². The molecule has 6 nitrogen and oxygen atoms in total. The fraction of sp³-hybridized carbons (Fsp3) is 0.417. The topological polar surface area (TPSA) is 101 Å². The molecule has 1 amide bonds. The summed E-state index contributed by atoms with van der Waals surface area (Å²) in [5.41, 5.74) is 5.98. The molecule has 0 fully saturated rings. The molecule has 0 aromatic heterocycles. The summed E-state index contributed by atoms with van der Waals surface area (Å²) in [6.07, 6.45) is 2.47. The normalized spacial score (nSPS) is 12.9. The van der Waals surface area contributed by atoms with Gasteiger partial charge in [-0.05, 0) is 37.6 Å². The monoisotopic (exact) mass is 317 g/mol. The number of nitrogens with two attached hydrogens (primary N) is 1. The van der Waals surface area contributed by atoms with Gasteiger partial charge in [-0.1, -0.05) is 12.1 Å². The quantitative estimate of drug-likeness (QED) is 0.684. The number of hydrogen-bond donors (Lipinski definition) is 3. The minimum atomic E-state index is -3.63. The summed E-state index contributed by atoms with van der Waals surface area (Å²) >= 11 is 1.60. The number of para-hydroxylation sites is 1. The molecule has 0 aliphatic carbocycles. The van der Waals surface area contributed by atoms with Crippen LogP contribution in [-0.4, -0.2) is 39.4 Å². The second-order valence-corrected chi connectivity index (χ2v) is 6.92. The highest BCUT2D eigenvalue weighted by molar-refractivity contribution is 7.98. The van der Waals surface area contributed by atoms with Gasteiger partial charge in [0.05, 0.1) is 11.7 Å². The number of nitrogens with one attached hydrogen (secondary N) is 2. The van der Waals surface area contributed by atoms with Gasteiger partial charge in [0.1, 0.15) is 4.90 Å². The van der Waals surface area contributed by atoms with Crippen LogP contribution in [0.4, 0.5) is 5.69 Å². The number of thioether (sulfide) groups is 1. The Balaban J connectivity index is 2.91. The van der Waals surface area contributed by atoms with Gasteiger partial charge in [0.15, 0.2) is 0 Å². The van der Waals surface area contributed by atoms with E-state index in [-0.39, 0.29) is 10.6 Å². The largest absolute Gasteiger partial charge is 0.324 e. The highest BCUT2D eigenvalue weighted by Gasteiger charge is 2.19. The smallest absolute Gasteiger partial charge is 0.242 e. The van der Waals surface area contributed by atoms with E-state index in [9.17, 15) is 13.2 Å². The van der Waals surface area contributed by atoms with Gasteiger partial charge in [-0.25, -0.2) is 13.1 Å². The van der Waals surface area contributed by atoms with Crippen molar-refractivity contribution < 1.29 is 13.2 Å². The fourth-order valence-corrected chi connectivity index (χ4v) is 2.89. The molecule has 1 aromatic carbocycles. The Hall–Kier alpha value is -1.09. The first kappa shape index (κ1) is 17.0. The van der Waals surface area contributed by atoms with E-state index in [0.29, 0.717) is 6.42 Å². The van der Waals surface area contributed by atoms with Crippen molar-refractivity contribution in [2.24, 2.45) is 5.73 Å². The number of anilines is 1. The molecule has 1 rings (SSSR count). The molecule has 0 saturated heterocycles. The number of carbonyl (C=O) groups is 1. The highest BCUT2D eigenvalue weighted by atomic mass is 32.2. The Kier molecular flexibility index (Phi) is 6.47. The maximum absolute atomic E-state index is 11.9. The maximum Gasteiger partial charge on any atom is 0.242 e. The molecule has 0 saturated carbocycles. The van der Waals surface area contributed by atoms with Crippen LogP contribution in [0.3, 0.4) is 0 Å². The molecule has 0 bridgehead atoms. The Morgan fingerprint density at radius 3 is 2.65 bits per heavy atom. The van der Waals surface area contributed by atoms with E-state index in [1.54, 1.807) is 23.9 Å². The van der Waals surface area contributed by atoms with Gasteiger partial charge in [-0.3, -0.25) is 4.79 Å². The van der Waals surface area contributed by atoms with Crippen LogP contribution in [0.1, 0.15) is 6.42 Å². The average Bonchev–Trinajstić information content (AvgIpc) is 2.45.